The lowest BCUT2D eigenvalue weighted by molar-refractivity contribution is 0.171. The third-order valence-electron chi connectivity index (χ3n) is 5.73. The van der Waals surface area contributed by atoms with E-state index in [4.69, 9.17) is 0 Å². The molecule has 0 amide bonds. The minimum atomic E-state index is 0. The van der Waals surface area contributed by atoms with Crippen molar-refractivity contribution in [3.63, 3.8) is 0 Å². The first kappa shape index (κ1) is 19.3. The topological polar surface area (TPSA) is 0 Å². The van der Waals surface area contributed by atoms with E-state index in [0.29, 0.717) is 0 Å². The van der Waals surface area contributed by atoms with Crippen LogP contribution in [-0.2, 0) is 12.8 Å². The molecule has 0 spiro atoms. The normalized spacial score (nSPS) is 26.0. The van der Waals surface area contributed by atoms with E-state index in [1.165, 1.54) is 51.4 Å². The monoisotopic (exact) mass is 302 g/mol. The molecule has 0 aliphatic heterocycles. The summed E-state index contributed by atoms with van der Waals surface area (Å²) < 4.78 is 0. The van der Waals surface area contributed by atoms with E-state index < -0.39 is 0 Å². The Balaban J connectivity index is 0.000000202. The quantitative estimate of drug-likeness (QED) is 0.475. The first-order valence-electron chi connectivity index (χ1n) is 9.00. The van der Waals surface area contributed by atoms with E-state index in [2.05, 4.69) is 24.3 Å². The zero-order valence-corrected chi connectivity index (χ0v) is 12.9. The SMILES string of the molecule is C.C.C1CCC2CCCCC2C1.c1ccc2c(c1)CCCC2. The van der Waals surface area contributed by atoms with Gasteiger partial charge in [0.15, 0.2) is 0 Å². The Hall–Kier alpha value is -0.780. The van der Waals surface area contributed by atoms with Crippen molar-refractivity contribution >= 4 is 0 Å². The van der Waals surface area contributed by atoms with Crippen molar-refractivity contribution in [3.8, 4) is 0 Å². The molecule has 0 heterocycles. The van der Waals surface area contributed by atoms with Crippen LogP contribution in [0.5, 0.6) is 0 Å². The average molecular weight is 303 g/mol. The summed E-state index contributed by atoms with van der Waals surface area (Å²) in [5, 5.41) is 0. The molecule has 0 atom stereocenters. The molecule has 2 fully saturated rings. The molecule has 0 unspecified atom stereocenters. The maximum Gasteiger partial charge on any atom is -0.0276 e. The molecule has 126 valence electrons. The molecule has 3 aliphatic carbocycles. The second-order valence-electron chi connectivity index (χ2n) is 7.06. The molecular weight excluding hydrogens is 264 g/mol. The zero-order valence-electron chi connectivity index (χ0n) is 12.9. The minimum Gasteiger partial charge on any atom is -0.0776 e. The Morgan fingerprint density at radius 1 is 0.545 bits per heavy atom. The lowest BCUT2D eigenvalue weighted by Gasteiger charge is -2.35. The molecule has 1 aromatic carbocycles. The largest absolute Gasteiger partial charge is 0.0776 e. The number of aryl methyl sites for hydroxylation is 2. The fourth-order valence-electron chi connectivity index (χ4n) is 4.53. The Bertz CT molecular complexity index is 355. The van der Waals surface area contributed by atoms with Crippen molar-refractivity contribution in [2.24, 2.45) is 11.8 Å². The van der Waals surface area contributed by atoms with Crippen molar-refractivity contribution in [1.29, 1.82) is 0 Å². The Labute approximate surface area is 139 Å². The van der Waals surface area contributed by atoms with Crippen LogP contribution < -0.4 is 0 Å². The van der Waals surface area contributed by atoms with Crippen LogP contribution in [0, 0.1) is 11.8 Å². The second-order valence-corrected chi connectivity index (χ2v) is 7.06. The van der Waals surface area contributed by atoms with Crippen LogP contribution >= 0.6 is 0 Å². The summed E-state index contributed by atoms with van der Waals surface area (Å²) in [5.41, 5.74) is 3.16. The summed E-state index contributed by atoms with van der Waals surface area (Å²) in [5.74, 6) is 2.31. The third kappa shape index (κ3) is 5.14. The van der Waals surface area contributed by atoms with E-state index in [9.17, 15) is 0 Å². The van der Waals surface area contributed by atoms with Gasteiger partial charge in [-0.3, -0.25) is 0 Å². The highest BCUT2D eigenvalue weighted by Crippen LogP contribution is 2.39. The van der Waals surface area contributed by atoms with Crippen molar-refractivity contribution in [3.05, 3.63) is 35.4 Å². The van der Waals surface area contributed by atoms with Crippen LogP contribution in [0.1, 0.15) is 90.2 Å². The van der Waals surface area contributed by atoms with Crippen molar-refractivity contribution in [2.75, 3.05) is 0 Å². The number of rotatable bonds is 0. The van der Waals surface area contributed by atoms with Crippen molar-refractivity contribution in [1.82, 2.24) is 0 Å². The number of benzene rings is 1. The summed E-state index contributed by atoms with van der Waals surface area (Å²) in [6.07, 6.45) is 17.7. The Kier molecular flexibility index (Phi) is 8.83. The van der Waals surface area contributed by atoms with Gasteiger partial charge in [-0.15, -0.1) is 0 Å². The fraction of sp³-hybridized carbons (Fsp3) is 0.727. The molecular formula is C22H38. The standard InChI is InChI=1S/C10H18.C10H12.2CH4/c2*1-2-6-10-8-4-3-7-9(10)5-1;;/h9-10H,1-8H2;1-2,5-6H,3-4,7-8H2;2*1H4. The van der Waals surface area contributed by atoms with Crippen LogP contribution in [0.2, 0.25) is 0 Å². The average Bonchev–Trinajstić information content (AvgIpc) is 2.56. The van der Waals surface area contributed by atoms with E-state index in [1.807, 2.05) is 0 Å². The Morgan fingerprint density at radius 2 is 0.909 bits per heavy atom. The lowest BCUT2D eigenvalue weighted by atomic mass is 9.71. The molecule has 0 radical (unpaired) electrons. The highest BCUT2D eigenvalue weighted by atomic mass is 14.3. The van der Waals surface area contributed by atoms with Gasteiger partial charge in [-0.1, -0.05) is 90.5 Å². The second kappa shape index (κ2) is 10.1. The van der Waals surface area contributed by atoms with Crippen LogP contribution in [-0.4, -0.2) is 0 Å². The van der Waals surface area contributed by atoms with Gasteiger partial charge in [-0.05, 0) is 48.6 Å². The zero-order chi connectivity index (χ0) is 13.6. The van der Waals surface area contributed by atoms with Gasteiger partial charge in [0.1, 0.15) is 0 Å². The third-order valence-corrected chi connectivity index (χ3v) is 5.73. The summed E-state index contributed by atoms with van der Waals surface area (Å²) >= 11 is 0. The summed E-state index contributed by atoms with van der Waals surface area (Å²) in [4.78, 5) is 0. The highest BCUT2D eigenvalue weighted by Gasteiger charge is 2.26. The van der Waals surface area contributed by atoms with Gasteiger partial charge in [0.25, 0.3) is 0 Å². The molecule has 0 aromatic heterocycles. The predicted octanol–water partition coefficient (Wildman–Crippen LogP) is 7.20. The summed E-state index contributed by atoms with van der Waals surface area (Å²) in [6, 6.07) is 8.80. The van der Waals surface area contributed by atoms with Crippen molar-refractivity contribution in [2.45, 2.75) is 91.9 Å². The predicted molar refractivity (Wildman–Crippen MR) is 100 cm³/mol. The van der Waals surface area contributed by atoms with Crippen LogP contribution in [0.15, 0.2) is 24.3 Å². The van der Waals surface area contributed by atoms with Gasteiger partial charge < -0.3 is 0 Å². The molecule has 2 saturated carbocycles. The van der Waals surface area contributed by atoms with Gasteiger partial charge in [0, 0.05) is 0 Å². The first-order valence-corrected chi connectivity index (χ1v) is 9.00. The molecule has 0 saturated heterocycles. The molecule has 0 N–H and O–H groups in total. The van der Waals surface area contributed by atoms with Gasteiger partial charge in [-0.25, -0.2) is 0 Å². The minimum absolute atomic E-state index is 0. The fourth-order valence-corrected chi connectivity index (χ4v) is 4.53. The number of fused-ring (bicyclic) bond motifs is 2. The smallest absolute Gasteiger partial charge is 0.0276 e. The van der Waals surface area contributed by atoms with E-state index in [-0.39, 0.29) is 14.9 Å². The van der Waals surface area contributed by atoms with E-state index in [0.717, 1.165) is 11.8 Å². The van der Waals surface area contributed by atoms with Crippen LogP contribution in [0.4, 0.5) is 0 Å². The summed E-state index contributed by atoms with van der Waals surface area (Å²) in [7, 11) is 0. The molecule has 4 rings (SSSR count). The maximum atomic E-state index is 2.26. The maximum absolute atomic E-state index is 2.26. The molecule has 0 bridgehead atoms. The molecule has 0 heteroatoms. The molecule has 3 aliphatic rings. The van der Waals surface area contributed by atoms with Gasteiger partial charge in [-0.2, -0.15) is 0 Å². The van der Waals surface area contributed by atoms with Gasteiger partial charge in [0.2, 0.25) is 0 Å². The van der Waals surface area contributed by atoms with Gasteiger partial charge >= 0.3 is 0 Å². The molecule has 0 nitrogen and oxygen atoms in total. The van der Waals surface area contributed by atoms with Crippen molar-refractivity contribution < 1.29 is 0 Å². The number of hydrogen-bond acceptors (Lipinski definition) is 0. The highest BCUT2D eigenvalue weighted by molar-refractivity contribution is 5.28. The molecule has 22 heavy (non-hydrogen) atoms. The lowest BCUT2D eigenvalue weighted by Crippen LogP contribution is -2.22. The summed E-state index contributed by atoms with van der Waals surface area (Å²) in [6.45, 7) is 0. The van der Waals surface area contributed by atoms with E-state index >= 15 is 0 Å². The first-order chi connectivity index (χ1) is 9.93. The Morgan fingerprint density at radius 3 is 1.27 bits per heavy atom. The number of hydrogen-bond donors (Lipinski definition) is 0. The molecule has 1 aromatic rings. The van der Waals surface area contributed by atoms with Crippen LogP contribution in [0.25, 0.3) is 0 Å². The van der Waals surface area contributed by atoms with E-state index in [1.54, 1.807) is 36.8 Å². The van der Waals surface area contributed by atoms with Gasteiger partial charge in [0.05, 0.1) is 0 Å². The van der Waals surface area contributed by atoms with Crippen LogP contribution in [0.3, 0.4) is 0 Å².